The number of hydrogen-bond donors (Lipinski definition) is 0. The largest absolute Gasteiger partial charge is 0.445 e. The molecule has 3 rings (SSSR count). The van der Waals surface area contributed by atoms with Gasteiger partial charge in [0.2, 0.25) is 5.91 Å². The Kier molecular flexibility index (Phi) is 4.22. The maximum atomic E-state index is 12.4. The van der Waals surface area contributed by atoms with Crippen LogP contribution in [-0.4, -0.2) is 27.3 Å². The lowest BCUT2D eigenvalue weighted by atomic mass is 10.1. The van der Waals surface area contributed by atoms with Gasteiger partial charge in [-0.3, -0.25) is 9.78 Å². The van der Waals surface area contributed by atoms with Gasteiger partial charge in [-0.2, -0.15) is 0 Å². The number of amides is 1. The molecule has 2 aromatic rings. The molecule has 0 unspecified atom stereocenters. The monoisotopic (exact) mass is 299 g/mol. The molecular formula is C17H21N3O2. The van der Waals surface area contributed by atoms with E-state index in [-0.39, 0.29) is 11.8 Å². The zero-order chi connectivity index (χ0) is 15.5. The fourth-order valence-electron chi connectivity index (χ4n) is 2.62. The van der Waals surface area contributed by atoms with Crippen molar-refractivity contribution < 1.29 is 9.21 Å². The molecule has 0 saturated carbocycles. The predicted molar refractivity (Wildman–Crippen MR) is 82.3 cm³/mol. The smallest absolute Gasteiger partial charge is 0.223 e. The Hall–Kier alpha value is -2.17. The molecule has 1 aliphatic heterocycles. The summed E-state index contributed by atoms with van der Waals surface area (Å²) >= 11 is 0. The predicted octanol–water partition coefficient (Wildman–Crippen LogP) is 2.71. The van der Waals surface area contributed by atoms with Crippen LogP contribution >= 0.6 is 0 Å². The SMILES string of the molecule is CC(C)c1nc2c(o1)CCN(C(=O)CCc1ccccn1)C2. The minimum absolute atomic E-state index is 0.158. The molecule has 1 aliphatic rings. The number of nitrogens with zero attached hydrogens (tertiary/aromatic N) is 3. The normalized spacial score (nSPS) is 14.2. The van der Waals surface area contributed by atoms with E-state index < -0.39 is 0 Å². The summed E-state index contributed by atoms with van der Waals surface area (Å²) in [6, 6.07) is 5.78. The van der Waals surface area contributed by atoms with Gasteiger partial charge in [-0.1, -0.05) is 19.9 Å². The van der Waals surface area contributed by atoms with Crippen molar-refractivity contribution >= 4 is 5.91 Å². The van der Waals surface area contributed by atoms with E-state index in [1.807, 2.05) is 23.1 Å². The Morgan fingerprint density at radius 3 is 3.00 bits per heavy atom. The first kappa shape index (κ1) is 14.8. The van der Waals surface area contributed by atoms with Crippen LogP contribution in [0.1, 0.15) is 49.2 Å². The van der Waals surface area contributed by atoms with Gasteiger partial charge in [0.15, 0.2) is 5.89 Å². The van der Waals surface area contributed by atoms with Crippen molar-refractivity contribution in [1.82, 2.24) is 14.9 Å². The fraction of sp³-hybridized carbons (Fsp3) is 0.471. The second kappa shape index (κ2) is 6.30. The standard InChI is InChI=1S/C17H21N3O2/c1-12(2)17-19-14-11-20(10-8-15(14)22-17)16(21)7-6-13-5-3-4-9-18-13/h3-5,9,12H,6-8,10-11H2,1-2H3. The molecule has 5 heteroatoms. The zero-order valence-corrected chi connectivity index (χ0v) is 13.1. The molecule has 0 aromatic carbocycles. The van der Waals surface area contributed by atoms with Crippen LogP contribution in [0.4, 0.5) is 0 Å². The first-order chi connectivity index (χ1) is 10.6. The fourth-order valence-corrected chi connectivity index (χ4v) is 2.62. The summed E-state index contributed by atoms with van der Waals surface area (Å²) in [6.07, 6.45) is 3.68. The average Bonchev–Trinajstić information content (AvgIpc) is 2.97. The third kappa shape index (κ3) is 3.18. The van der Waals surface area contributed by atoms with Gasteiger partial charge in [0, 0.05) is 37.2 Å². The maximum absolute atomic E-state index is 12.4. The number of pyridine rings is 1. The van der Waals surface area contributed by atoms with Crippen LogP contribution in [0.3, 0.4) is 0 Å². The first-order valence-electron chi connectivity index (χ1n) is 7.79. The summed E-state index contributed by atoms with van der Waals surface area (Å²) < 4.78 is 5.77. The molecule has 0 saturated heterocycles. The molecule has 0 aliphatic carbocycles. The lowest BCUT2D eigenvalue weighted by Gasteiger charge is -2.25. The first-order valence-corrected chi connectivity index (χ1v) is 7.79. The number of carbonyl (C=O) groups is 1. The number of oxazole rings is 1. The molecule has 0 spiro atoms. The van der Waals surface area contributed by atoms with Crippen LogP contribution in [0, 0.1) is 0 Å². The Labute approximate surface area is 130 Å². The van der Waals surface area contributed by atoms with E-state index >= 15 is 0 Å². The maximum Gasteiger partial charge on any atom is 0.223 e. The van der Waals surface area contributed by atoms with E-state index in [0.29, 0.717) is 25.9 Å². The highest BCUT2D eigenvalue weighted by Crippen LogP contribution is 2.24. The number of carbonyl (C=O) groups excluding carboxylic acids is 1. The second-order valence-electron chi connectivity index (χ2n) is 5.96. The van der Waals surface area contributed by atoms with Gasteiger partial charge >= 0.3 is 0 Å². The molecule has 1 amide bonds. The molecule has 2 aromatic heterocycles. The van der Waals surface area contributed by atoms with Crippen molar-refractivity contribution in [2.24, 2.45) is 0 Å². The van der Waals surface area contributed by atoms with E-state index in [4.69, 9.17) is 4.42 Å². The number of aromatic nitrogens is 2. The van der Waals surface area contributed by atoms with Crippen molar-refractivity contribution in [3.05, 3.63) is 47.4 Å². The van der Waals surface area contributed by atoms with Gasteiger partial charge in [0.1, 0.15) is 11.5 Å². The zero-order valence-electron chi connectivity index (χ0n) is 13.1. The Bertz CT molecular complexity index is 649. The average molecular weight is 299 g/mol. The molecule has 116 valence electrons. The molecule has 0 bridgehead atoms. The quantitative estimate of drug-likeness (QED) is 0.871. The summed E-state index contributed by atoms with van der Waals surface area (Å²) in [5.41, 5.74) is 1.87. The highest BCUT2D eigenvalue weighted by atomic mass is 16.4. The van der Waals surface area contributed by atoms with Crippen LogP contribution in [0.25, 0.3) is 0 Å². The van der Waals surface area contributed by atoms with E-state index in [1.165, 1.54) is 0 Å². The Balaban J connectivity index is 1.60. The van der Waals surface area contributed by atoms with Crippen LogP contribution in [-0.2, 0) is 24.2 Å². The topological polar surface area (TPSA) is 59.2 Å². The van der Waals surface area contributed by atoms with Gasteiger partial charge in [-0.25, -0.2) is 4.98 Å². The van der Waals surface area contributed by atoms with Crippen LogP contribution in [0.5, 0.6) is 0 Å². The molecule has 5 nitrogen and oxygen atoms in total. The highest BCUT2D eigenvalue weighted by molar-refractivity contribution is 5.76. The number of aryl methyl sites for hydroxylation is 1. The van der Waals surface area contributed by atoms with Crippen molar-refractivity contribution in [2.45, 2.75) is 45.6 Å². The van der Waals surface area contributed by atoms with Gasteiger partial charge in [-0.05, 0) is 18.6 Å². The van der Waals surface area contributed by atoms with Gasteiger partial charge < -0.3 is 9.32 Å². The molecule has 0 fully saturated rings. The Morgan fingerprint density at radius 1 is 1.41 bits per heavy atom. The molecule has 22 heavy (non-hydrogen) atoms. The van der Waals surface area contributed by atoms with Crippen LogP contribution < -0.4 is 0 Å². The van der Waals surface area contributed by atoms with Crippen molar-refractivity contribution in [3.8, 4) is 0 Å². The minimum atomic E-state index is 0.158. The highest BCUT2D eigenvalue weighted by Gasteiger charge is 2.25. The summed E-state index contributed by atoms with van der Waals surface area (Å²) in [6.45, 7) is 5.40. The van der Waals surface area contributed by atoms with Gasteiger partial charge in [0.25, 0.3) is 0 Å². The van der Waals surface area contributed by atoms with Crippen LogP contribution in [0.15, 0.2) is 28.8 Å². The summed E-state index contributed by atoms with van der Waals surface area (Å²) in [7, 11) is 0. The third-order valence-corrected chi connectivity index (χ3v) is 3.91. The molecule has 3 heterocycles. The second-order valence-corrected chi connectivity index (χ2v) is 5.96. The molecule has 0 atom stereocenters. The van der Waals surface area contributed by atoms with Crippen LogP contribution in [0.2, 0.25) is 0 Å². The minimum Gasteiger partial charge on any atom is -0.445 e. The van der Waals surface area contributed by atoms with Crippen molar-refractivity contribution in [1.29, 1.82) is 0 Å². The summed E-state index contributed by atoms with van der Waals surface area (Å²) in [4.78, 5) is 23.0. The molecular weight excluding hydrogens is 278 g/mol. The number of fused-ring (bicyclic) bond motifs is 1. The van der Waals surface area contributed by atoms with Crippen molar-refractivity contribution in [2.75, 3.05) is 6.54 Å². The lowest BCUT2D eigenvalue weighted by Crippen LogP contribution is -2.36. The van der Waals surface area contributed by atoms with E-state index in [2.05, 4.69) is 23.8 Å². The number of rotatable bonds is 4. The lowest BCUT2D eigenvalue weighted by molar-refractivity contribution is -0.132. The van der Waals surface area contributed by atoms with E-state index in [1.54, 1.807) is 6.20 Å². The van der Waals surface area contributed by atoms with Gasteiger partial charge in [0.05, 0.1) is 6.54 Å². The molecule has 0 N–H and O–H groups in total. The Morgan fingerprint density at radius 2 is 2.27 bits per heavy atom. The molecule has 0 radical (unpaired) electrons. The number of hydrogen-bond acceptors (Lipinski definition) is 4. The summed E-state index contributed by atoms with van der Waals surface area (Å²) in [5.74, 6) is 2.15. The van der Waals surface area contributed by atoms with Crippen molar-refractivity contribution in [3.63, 3.8) is 0 Å². The van der Waals surface area contributed by atoms with Gasteiger partial charge in [-0.15, -0.1) is 0 Å². The third-order valence-electron chi connectivity index (χ3n) is 3.91. The van der Waals surface area contributed by atoms with E-state index in [9.17, 15) is 4.79 Å². The van der Waals surface area contributed by atoms with E-state index in [0.717, 1.165) is 29.5 Å². The summed E-state index contributed by atoms with van der Waals surface area (Å²) in [5, 5.41) is 0.